The molecule has 0 aliphatic carbocycles. The first-order chi connectivity index (χ1) is 14.6. The van der Waals surface area contributed by atoms with E-state index >= 15 is 0 Å². The molecular weight excluding hydrogens is 378 g/mol. The Morgan fingerprint density at radius 2 is 1.33 bits per heavy atom. The zero-order valence-electron chi connectivity index (χ0n) is 17.1. The van der Waals surface area contributed by atoms with E-state index in [2.05, 4.69) is 42.7 Å². The second-order valence-corrected chi connectivity index (χ2v) is 6.88. The van der Waals surface area contributed by atoms with Gasteiger partial charge in [0.2, 0.25) is 0 Å². The standard InChI is InChI=1S/C27H22F2O/c1-3-4-20-5-7-21(8-6-20)9-10-22-11-14-24(26(28)17-22)15-12-23-13-16-25(19-30-2)27(29)18-23/h5-8,11,13-14,16-18H,3-4,19H2,1-2H3. The zero-order valence-corrected chi connectivity index (χ0v) is 17.1. The summed E-state index contributed by atoms with van der Waals surface area (Å²) >= 11 is 0. The Hall–Kier alpha value is -3.40. The van der Waals surface area contributed by atoms with Gasteiger partial charge in [-0.1, -0.05) is 55.2 Å². The lowest BCUT2D eigenvalue weighted by atomic mass is 10.1. The van der Waals surface area contributed by atoms with E-state index in [1.54, 1.807) is 24.3 Å². The molecule has 150 valence electrons. The molecule has 0 amide bonds. The number of halogens is 2. The summed E-state index contributed by atoms with van der Waals surface area (Å²) in [4.78, 5) is 0. The smallest absolute Gasteiger partial charge is 0.140 e. The second kappa shape index (κ2) is 10.4. The quantitative estimate of drug-likeness (QED) is 0.498. The lowest BCUT2D eigenvalue weighted by Gasteiger charge is -2.01. The molecule has 0 N–H and O–H groups in total. The number of benzene rings is 3. The highest BCUT2D eigenvalue weighted by molar-refractivity contribution is 5.49. The van der Waals surface area contributed by atoms with E-state index in [1.807, 2.05) is 12.1 Å². The van der Waals surface area contributed by atoms with Crippen molar-refractivity contribution in [1.29, 1.82) is 0 Å². The van der Waals surface area contributed by atoms with Gasteiger partial charge in [0.15, 0.2) is 0 Å². The summed E-state index contributed by atoms with van der Waals surface area (Å²) in [5.41, 5.74) is 3.92. The van der Waals surface area contributed by atoms with Crippen LogP contribution in [-0.2, 0) is 17.8 Å². The minimum Gasteiger partial charge on any atom is -0.380 e. The van der Waals surface area contributed by atoms with E-state index in [1.165, 1.54) is 24.8 Å². The molecule has 0 radical (unpaired) electrons. The van der Waals surface area contributed by atoms with Gasteiger partial charge in [-0.15, -0.1) is 0 Å². The fourth-order valence-corrected chi connectivity index (χ4v) is 2.92. The largest absolute Gasteiger partial charge is 0.380 e. The summed E-state index contributed by atoms with van der Waals surface area (Å²) in [6.45, 7) is 2.34. The first-order valence-corrected chi connectivity index (χ1v) is 9.79. The first-order valence-electron chi connectivity index (χ1n) is 9.79. The Morgan fingerprint density at radius 1 is 0.733 bits per heavy atom. The maximum atomic E-state index is 14.4. The van der Waals surface area contributed by atoms with Crippen LogP contribution in [0.15, 0.2) is 60.7 Å². The number of rotatable bonds is 4. The predicted molar refractivity (Wildman–Crippen MR) is 116 cm³/mol. The predicted octanol–water partition coefficient (Wildman–Crippen LogP) is 5.86. The van der Waals surface area contributed by atoms with E-state index in [4.69, 9.17) is 4.74 Å². The fourth-order valence-electron chi connectivity index (χ4n) is 2.92. The Kier molecular flexibility index (Phi) is 7.39. The van der Waals surface area contributed by atoms with Crippen LogP contribution in [0.1, 0.15) is 46.7 Å². The van der Waals surface area contributed by atoms with Gasteiger partial charge in [0.05, 0.1) is 12.2 Å². The van der Waals surface area contributed by atoms with Crippen molar-refractivity contribution < 1.29 is 13.5 Å². The normalized spacial score (nSPS) is 10.0. The summed E-state index contributed by atoms with van der Waals surface area (Å²) in [6, 6.07) is 17.4. The monoisotopic (exact) mass is 400 g/mol. The third-order valence-electron chi connectivity index (χ3n) is 4.51. The zero-order chi connectivity index (χ0) is 21.3. The molecule has 0 aliphatic rings. The van der Waals surface area contributed by atoms with E-state index in [0.717, 1.165) is 18.4 Å². The van der Waals surface area contributed by atoms with Crippen molar-refractivity contribution in [1.82, 2.24) is 0 Å². The molecule has 0 fully saturated rings. The molecule has 0 saturated heterocycles. The third kappa shape index (κ3) is 5.80. The molecule has 0 atom stereocenters. The van der Waals surface area contributed by atoms with Crippen LogP contribution in [0.25, 0.3) is 0 Å². The lowest BCUT2D eigenvalue weighted by Crippen LogP contribution is -1.93. The molecular formula is C27H22F2O. The molecule has 3 rings (SSSR count). The number of ether oxygens (including phenoxy) is 1. The molecule has 0 heterocycles. The molecule has 0 unspecified atom stereocenters. The Bertz CT molecular complexity index is 1140. The SMILES string of the molecule is CCCc1ccc(C#Cc2ccc(C#Cc3ccc(COC)c(F)c3)c(F)c2)cc1. The Morgan fingerprint density at radius 3 is 1.97 bits per heavy atom. The van der Waals surface area contributed by atoms with E-state index < -0.39 is 11.6 Å². The van der Waals surface area contributed by atoms with Crippen molar-refractivity contribution in [2.75, 3.05) is 7.11 Å². The number of hydrogen-bond donors (Lipinski definition) is 0. The summed E-state index contributed by atoms with van der Waals surface area (Å²) < 4.78 is 33.3. The molecule has 0 aliphatic heterocycles. The van der Waals surface area contributed by atoms with Crippen molar-refractivity contribution in [3.8, 4) is 23.7 Å². The van der Waals surface area contributed by atoms with Gasteiger partial charge in [-0.2, -0.15) is 0 Å². The van der Waals surface area contributed by atoms with Crippen molar-refractivity contribution in [3.63, 3.8) is 0 Å². The molecule has 3 heteroatoms. The second-order valence-electron chi connectivity index (χ2n) is 6.88. The molecule has 3 aromatic carbocycles. The maximum absolute atomic E-state index is 14.4. The van der Waals surface area contributed by atoms with Crippen molar-refractivity contribution in [3.05, 3.63) is 106 Å². The average Bonchev–Trinajstić information content (AvgIpc) is 2.75. The van der Waals surface area contributed by atoms with Gasteiger partial charge in [-0.3, -0.25) is 0 Å². The van der Waals surface area contributed by atoms with Crippen molar-refractivity contribution in [2.45, 2.75) is 26.4 Å². The van der Waals surface area contributed by atoms with Crippen molar-refractivity contribution >= 4 is 0 Å². The van der Waals surface area contributed by atoms with E-state index in [-0.39, 0.29) is 12.2 Å². The highest BCUT2D eigenvalue weighted by Gasteiger charge is 2.03. The van der Waals surface area contributed by atoms with E-state index in [0.29, 0.717) is 16.7 Å². The fraction of sp³-hybridized carbons (Fsp3) is 0.185. The minimum absolute atomic E-state index is 0.194. The van der Waals surface area contributed by atoms with Crippen LogP contribution in [0.3, 0.4) is 0 Å². The molecule has 1 nitrogen and oxygen atoms in total. The van der Waals surface area contributed by atoms with Gasteiger partial charge in [0, 0.05) is 29.4 Å². The summed E-state index contributed by atoms with van der Waals surface area (Å²) in [5, 5.41) is 0. The van der Waals surface area contributed by atoms with Crippen LogP contribution >= 0.6 is 0 Å². The van der Waals surface area contributed by atoms with Crippen LogP contribution in [0, 0.1) is 35.3 Å². The summed E-state index contributed by atoms with van der Waals surface area (Å²) in [7, 11) is 1.51. The number of methoxy groups -OCH3 is 1. The van der Waals surface area contributed by atoms with E-state index in [9.17, 15) is 8.78 Å². The maximum Gasteiger partial charge on any atom is 0.140 e. The van der Waals surface area contributed by atoms with Crippen LogP contribution in [0.4, 0.5) is 8.78 Å². The van der Waals surface area contributed by atoms with Crippen LogP contribution in [-0.4, -0.2) is 7.11 Å². The van der Waals surface area contributed by atoms with Gasteiger partial charge < -0.3 is 4.74 Å². The lowest BCUT2D eigenvalue weighted by molar-refractivity contribution is 0.181. The molecule has 0 bridgehead atoms. The Labute approximate surface area is 176 Å². The van der Waals surface area contributed by atoms with Gasteiger partial charge in [-0.25, -0.2) is 8.78 Å². The van der Waals surface area contributed by atoms with Gasteiger partial charge in [0.1, 0.15) is 11.6 Å². The van der Waals surface area contributed by atoms with Crippen molar-refractivity contribution in [2.24, 2.45) is 0 Å². The van der Waals surface area contributed by atoms with Gasteiger partial charge in [-0.05, 0) is 54.4 Å². The molecule has 3 aromatic rings. The number of hydrogen-bond acceptors (Lipinski definition) is 1. The highest BCUT2D eigenvalue weighted by atomic mass is 19.1. The summed E-state index contributed by atoms with van der Waals surface area (Å²) in [5.74, 6) is 10.7. The third-order valence-corrected chi connectivity index (χ3v) is 4.51. The van der Waals surface area contributed by atoms with Crippen LogP contribution in [0.5, 0.6) is 0 Å². The van der Waals surface area contributed by atoms with Crippen LogP contribution in [0.2, 0.25) is 0 Å². The summed E-state index contributed by atoms with van der Waals surface area (Å²) in [6.07, 6.45) is 2.15. The topological polar surface area (TPSA) is 9.23 Å². The molecule has 0 spiro atoms. The number of aryl methyl sites for hydroxylation is 1. The van der Waals surface area contributed by atoms with Crippen LogP contribution < -0.4 is 0 Å². The highest BCUT2D eigenvalue weighted by Crippen LogP contribution is 2.13. The Balaban J connectivity index is 1.74. The molecule has 30 heavy (non-hydrogen) atoms. The minimum atomic E-state index is -0.455. The van der Waals surface area contributed by atoms with Gasteiger partial charge in [0.25, 0.3) is 0 Å². The first kappa shape index (κ1) is 21.3. The molecule has 0 aromatic heterocycles. The molecule has 0 saturated carbocycles. The average molecular weight is 400 g/mol. The van der Waals surface area contributed by atoms with Gasteiger partial charge >= 0.3 is 0 Å².